The molecule has 2 aromatic rings. The Morgan fingerprint density at radius 1 is 1.00 bits per heavy atom. The number of nitrogens with one attached hydrogen (secondary N) is 2. The Morgan fingerprint density at radius 2 is 1.57 bits per heavy atom. The van der Waals surface area contributed by atoms with Crippen molar-refractivity contribution in [2.24, 2.45) is 0 Å². The van der Waals surface area contributed by atoms with Crippen molar-refractivity contribution in [3.63, 3.8) is 0 Å². The number of hydrogen-bond acceptors (Lipinski definition) is 4. The van der Waals surface area contributed by atoms with Gasteiger partial charge in [0.15, 0.2) is 0 Å². The summed E-state index contributed by atoms with van der Waals surface area (Å²) < 4.78 is 40.1. The molecule has 150 valence electrons. The SMILES string of the molecule is CN(CC(=O)Nc1ccc(OC(F)(F)F)cc1)CC(=O)Nc1cccc(Cl)c1. The Kier molecular flexibility index (Phi) is 7.24. The van der Waals surface area contributed by atoms with Crippen molar-refractivity contribution in [2.45, 2.75) is 6.36 Å². The van der Waals surface area contributed by atoms with E-state index in [1.54, 1.807) is 31.3 Å². The van der Waals surface area contributed by atoms with Crippen molar-refractivity contribution in [1.29, 1.82) is 0 Å². The molecule has 2 amide bonds. The lowest BCUT2D eigenvalue weighted by Crippen LogP contribution is -2.36. The van der Waals surface area contributed by atoms with Crippen LogP contribution in [0, 0.1) is 0 Å². The topological polar surface area (TPSA) is 70.7 Å². The largest absolute Gasteiger partial charge is 0.573 e. The first-order valence-corrected chi connectivity index (χ1v) is 8.38. The summed E-state index contributed by atoms with van der Waals surface area (Å²) in [4.78, 5) is 25.5. The fraction of sp³-hybridized carbons (Fsp3) is 0.222. The van der Waals surface area contributed by atoms with E-state index >= 15 is 0 Å². The maximum absolute atomic E-state index is 12.1. The van der Waals surface area contributed by atoms with Crippen LogP contribution < -0.4 is 15.4 Å². The van der Waals surface area contributed by atoms with Gasteiger partial charge in [0.2, 0.25) is 11.8 Å². The van der Waals surface area contributed by atoms with E-state index < -0.39 is 12.3 Å². The van der Waals surface area contributed by atoms with E-state index in [0.29, 0.717) is 16.4 Å². The first kappa shape index (κ1) is 21.5. The normalized spacial score (nSPS) is 11.2. The maximum Gasteiger partial charge on any atom is 0.573 e. The summed E-state index contributed by atoms with van der Waals surface area (Å²) in [6.45, 7) is -0.137. The summed E-state index contributed by atoms with van der Waals surface area (Å²) in [7, 11) is 1.58. The molecule has 10 heteroatoms. The van der Waals surface area contributed by atoms with Gasteiger partial charge in [-0.25, -0.2) is 0 Å². The van der Waals surface area contributed by atoms with Crippen LogP contribution in [0.2, 0.25) is 5.02 Å². The third kappa shape index (κ3) is 7.85. The highest BCUT2D eigenvalue weighted by molar-refractivity contribution is 6.30. The molecule has 0 saturated heterocycles. The number of carbonyl (C=O) groups is 2. The zero-order valence-electron chi connectivity index (χ0n) is 14.7. The van der Waals surface area contributed by atoms with E-state index in [2.05, 4.69) is 15.4 Å². The number of halogens is 4. The fourth-order valence-corrected chi connectivity index (χ4v) is 2.44. The van der Waals surface area contributed by atoms with Crippen LogP contribution in [-0.2, 0) is 9.59 Å². The third-order valence-electron chi connectivity index (χ3n) is 3.31. The Labute approximate surface area is 164 Å². The summed E-state index contributed by atoms with van der Waals surface area (Å²) in [6.07, 6.45) is -4.78. The van der Waals surface area contributed by atoms with Crippen molar-refractivity contribution >= 4 is 34.8 Å². The molecule has 0 aromatic heterocycles. The van der Waals surface area contributed by atoms with Crippen LogP contribution in [0.1, 0.15) is 0 Å². The summed E-state index contributed by atoms with van der Waals surface area (Å²) in [5, 5.41) is 5.67. The first-order valence-electron chi connectivity index (χ1n) is 8.00. The van der Waals surface area contributed by atoms with E-state index in [9.17, 15) is 22.8 Å². The molecule has 0 aliphatic heterocycles. The Hall–Kier alpha value is -2.78. The number of anilines is 2. The minimum absolute atomic E-state index is 0.0434. The second-order valence-electron chi connectivity index (χ2n) is 5.85. The van der Waals surface area contributed by atoms with Gasteiger partial charge in [-0.05, 0) is 49.5 Å². The van der Waals surface area contributed by atoms with Crippen molar-refractivity contribution in [3.05, 3.63) is 53.6 Å². The van der Waals surface area contributed by atoms with E-state index in [-0.39, 0.29) is 24.7 Å². The summed E-state index contributed by atoms with van der Waals surface area (Å²) >= 11 is 5.84. The van der Waals surface area contributed by atoms with Gasteiger partial charge in [-0.1, -0.05) is 17.7 Å². The lowest BCUT2D eigenvalue weighted by Gasteiger charge is -2.16. The molecule has 0 bridgehead atoms. The highest BCUT2D eigenvalue weighted by atomic mass is 35.5. The van der Waals surface area contributed by atoms with Gasteiger partial charge in [-0.15, -0.1) is 13.2 Å². The molecule has 0 saturated carbocycles. The highest BCUT2D eigenvalue weighted by Crippen LogP contribution is 2.23. The van der Waals surface area contributed by atoms with Crippen LogP contribution in [0.4, 0.5) is 24.5 Å². The van der Waals surface area contributed by atoms with Crippen LogP contribution in [0.15, 0.2) is 48.5 Å². The van der Waals surface area contributed by atoms with Gasteiger partial charge in [0.25, 0.3) is 0 Å². The molecular weight excluding hydrogens is 399 g/mol. The van der Waals surface area contributed by atoms with Crippen LogP contribution in [0.3, 0.4) is 0 Å². The number of alkyl halides is 3. The third-order valence-corrected chi connectivity index (χ3v) is 3.54. The second kappa shape index (κ2) is 9.43. The lowest BCUT2D eigenvalue weighted by molar-refractivity contribution is -0.274. The first-order chi connectivity index (χ1) is 13.1. The van der Waals surface area contributed by atoms with Crippen LogP contribution in [-0.4, -0.2) is 43.2 Å². The smallest absolute Gasteiger partial charge is 0.406 e. The molecule has 0 unspecified atom stereocenters. The van der Waals surface area contributed by atoms with E-state index in [4.69, 9.17) is 11.6 Å². The monoisotopic (exact) mass is 415 g/mol. The highest BCUT2D eigenvalue weighted by Gasteiger charge is 2.30. The second-order valence-corrected chi connectivity index (χ2v) is 6.29. The van der Waals surface area contributed by atoms with Gasteiger partial charge in [-0.2, -0.15) is 0 Å². The van der Waals surface area contributed by atoms with Crippen molar-refractivity contribution in [2.75, 3.05) is 30.8 Å². The molecule has 2 N–H and O–H groups in total. The predicted molar refractivity (Wildman–Crippen MR) is 99.3 cm³/mol. The van der Waals surface area contributed by atoms with E-state index in [1.165, 1.54) is 17.0 Å². The van der Waals surface area contributed by atoms with Gasteiger partial charge in [-0.3, -0.25) is 14.5 Å². The average Bonchev–Trinajstić information content (AvgIpc) is 2.54. The Morgan fingerprint density at radius 3 is 2.11 bits per heavy atom. The molecule has 2 aromatic carbocycles. The van der Waals surface area contributed by atoms with Crippen molar-refractivity contribution in [3.8, 4) is 5.75 Å². The lowest BCUT2D eigenvalue weighted by atomic mass is 10.3. The fourth-order valence-electron chi connectivity index (χ4n) is 2.25. The van der Waals surface area contributed by atoms with Crippen molar-refractivity contribution in [1.82, 2.24) is 4.90 Å². The number of likely N-dealkylation sites (N-methyl/N-ethyl adjacent to an activating group) is 1. The number of carbonyl (C=O) groups excluding carboxylic acids is 2. The summed E-state index contributed by atoms with van der Waals surface area (Å²) in [6, 6.07) is 11.4. The molecule has 2 rings (SSSR count). The molecule has 0 fully saturated rings. The van der Waals surface area contributed by atoms with Gasteiger partial charge < -0.3 is 15.4 Å². The summed E-state index contributed by atoms with van der Waals surface area (Å²) in [5.41, 5.74) is 0.841. The molecule has 0 heterocycles. The molecule has 0 aliphatic carbocycles. The minimum Gasteiger partial charge on any atom is -0.406 e. The summed E-state index contributed by atoms with van der Waals surface area (Å²) in [5.74, 6) is -1.14. The molecule has 0 aliphatic rings. The molecule has 6 nitrogen and oxygen atoms in total. The van der Waals surface area contributed by atoms with Gasteiger partial charge in [0.1, 0.15) is 5.75 Å². The minimum atomic E-state index is -4.78. The quantitative estimate of drug-likeness (QED) is 0.722. The van der Waals surface area contributed by atoms with Crippen LogP contribution >= 0.6 is 11.6 Å². The van der Waals surface area contributed by atoms with Gasteiger partial charge >= 0.3 is 6.36 Å². The number of benzene rings is 2. The standard InChI is InChI=1S/C18H17ClF3N3O3/c1-25(11-17(27)24-14-4-2-3-12(19)9-14)10-16(26)23-13-5-7-15(8-6-13)28-18(20,21)22/h2-9H,10-11H2,1H3,(H,23,26)(H,24,27). The van der Waals surface area contributed by atoms with E-state index in [0.717, 1.165) is 12.1 Å². The van der Waals surface area contributed by atoms with Crippen LogP contribution in [0.25, 0.3) is 0 Å². The van der Waals surface area contributed by atoms with Crippen LogP contribution in [0.5, 0.6) is 5.75 Å². The molecule has 28 heavy (non-hydrogen) atoms. The molecule has 0 radical (unpaired) electrons. The number of ether oxygens (including phenoxy) is 1. The zero-order valence-corrected chi connectivity index (χ0v) is 15.5. The number of rotatable bonds is 7. The zero-order chi connectivity index (χ0) is 20.7. The van der Waals surface area contributed by atoms with Gasteiger partial charge in [0, 0.05) is 16.4 Å². The van der Waals surface area contributed by atoms with Gasteiger partial charge in [0.05, 0.1) is 13.1 Å². The maximum atomic E-state index is 12.1. The molecular formula is C18H17ClF3N3O3. The number of nitrogens with zero attached hydrogens (tertiary/aromatic N) is 1. The van der Waals surface area contributed by atoms with Crippen molar-refractivity contribution < 1.29 is 27.5 Å². The number of hydrogen-bond donors (Lipinski definition) is 2. The van der Waals surface area contributed by atoms with E-state index in [1.807, 2.05) is 0 Å². The predicted octanol–water partition coefficient (Wildman–Crippen LogP) is 3.75. The molecule has 0 atom stereocenters. The average molecular weight is 416 g/mol. The number of amides is 2. The Bertz CT molecular complexity index is 829. The Balaban J connectivity index is 1.79. The molecule has 0 spiro atoms.